The summed E-state index contributed by atoms with van der Waals surface area (Å²) in [5.41, 5.74) is 1.86. The molecule has 1 aromatic carbocycles. The van der Waals surface area contributed by atoms with E-state index >= 15 is 0 Å². The number of hydrogen-bond acceptors (Lipinski definition) is 6. The highest BCUT2D eigenvalue weighted by atomic mass is 16.5. The number of para-hydroxylation sites is 1. The summed E-state index contributed by atoms with van der Waals surface area (Å²) >= 11 is 0. The summed E-state index contributed by atoms with van der Waals surface area (Å²) < 4.78 is 13.4. The van der Waals surface area contributed by atoms with Crippen molar-refractivity contribution in [2.24, 2.45) is 0 Å². The second-order valence-corrected chi connectivity index (χ2v) is 7.74. The second kappa shape index (κ2) is 8.41. The average Bonchev–Trinajstić information content (AvgIpc) is 3.33. The Morgan fingerprint density at radius 3 is 2.89 bits per heavy atom. The summed E-state index contributed by atoms with van der Waals surface area (Å²) in [5.74, 6) is 1.21. The standard InChI is InChI=1S/C21H29N5O2/c1-15(2)26-17-10-5-4-9-16(17)19(24-26)21-23-22-20(28-21)18-11-6-7-12-25(18)13-8-14-27-3/h4-5,9-10,15,18H,6-8,11-14H2,1-3H3. The molecule has 0 amide bonds. The number of methoxy groups -OCH3 is 1. The van der Waals surface area contributed by atoms with Crippen LogP contribution in [-0.2, 0) is 4.74 Å². The van der Waals surface area contributed by atoms with E-state index < -0.39 is 0 Å². The number of nitrogens with zero attached hydrogens (tertiary/aromatic N) is 5. The van der Waals surface area contributed by atoms with Gasteiger partial charge >= 0.3 is 0 Å². The summed E-state index contributed by atoms with van der Waals surface area (Å²) in [6.45, 7) is 7.08. The van der Waals surface area contributed by atoms with Gasteiger partial charge in [-0.15, -0.1) is 10.2 Å². The summed E-state index contributed by atoms with van der Waals surface area (Å²) in [5, 5.41) is 14.6. The zero-order valence-electron chi connectivity index (χ0n) is 17.0. The van der Waals surface area contributed by atoms with Crippen molar-refractivity contribution in [1.82, 2.24) is 24.9 Å². The largest absolute Gasteiger partial charge is 0.417 e. The van der Waals surface area contributed by atoms with Crippen LogP contribution in [0.4, 0.5) is 0 Å². The van der Waals surface area contributed by atoms with E-state index in [2.05, 4.69) is 41.1 Å². The highest BCUT2D eigenvalue weighted by Gasteiger charge is 2.29. The van der Waals surface area contributed by atoms with E-state index in [-0.39, 0.29) is 12.1 Å². The fourth-order valence-corrected chi connectivity index (χ4v) is 4.06. The maximum Gasteiger partial charge on any atom is 0.268 e. The molecule has 1 aliphatic heterocycles. The first-order valence-electron chi connectivity index (χ1n) is 10.2. The van der Waals surface area contributed by atoms with Gasteiger partial charge in [0.25, 0.3) is 5.89 Å². The summed E-state index contributed by atoms with van der Waals surface area (Å²) in [6.07, 6.45) is 4.47. The van der Waals surface area contributed by atoms with Crippen LogP contribution in [0.15, 0.2) is 28.7 Å². The predicted octanol–water partition coefficient (Wildman–Crippen LogP) is 4.23. The van der Waals surface area contributed by atoms with Crippen molar-refractivity contribution >= 4 is 10.9 Å². The zero-order chi connectivity index (χ0) is 19.5. The van der Waals surface area contributed by atoms with Crippen LogP contribution in [0.5, 0.6) is 0 Å². The fraction of sp³-hybridized carbons (Fsp3) is 0.571. The molecule has 1 unspecified atom stereocenters. The molecule has 3 aromatic rings. The van der Waals surface area contributed by atoms with Gasteiger partial charge in [-0.05, 0) is 45.7 Å². The van der Waals surface area contributed by atoms with Crippen molar-refractivity contribution in [3.8, 4) is 11.6 Å². The average molecular weight is 383 g/mol. The number of benzene rings is 1. The summed E-state index contributed by atoms with van der Waals surface area (Å²) in [7, 11) is 1.75. The van der Waals surface area contributed by atoms with E-state index in [0.717, 1.165) is 49.1 Å². The molecule has 7 heteroatoms. The normalized spacial score (nSPS) is 18.4. The van der Waals surface area contributed by atoms with Gasteiger partial charge in [-0.2, -0.15) is 5.10 Å². The topological polar surface area (TPSA) is 69.2 Å². The maximum atomic E-state index is 6.18. The number of likely N-dealkylation sites (tertiary alicyclic amines) is 1. The Bertz CT molecular complexity index is 917. The van der Waals surface area contributed by atoms with Crippen molar-refractivity contribution in [1.29, 1.82) is 0 Å². The molecule has 2 aromatic heterocycles. The molecule has 3 heterocycles. The van der Waals surface area contributed by atoms with Gasteiger partial charge in [-0.3, -0.25) is 9.58 Å². The second-order valence-electron chi connectivity index (χ2n) is 7.74. The molecule has 1 fully saturated rings. The zero-order valence-corrected chi connectivity index (χ0v) is 17.0. The highest BCUT2D eigenvalue weighted by molar-refractivity contribution is 5.91. The van der Waals surface area contributed by atoms with Crippen molar-refractivity contribution < 1.29 is 9.15 Å². The van der Waals surface area contributed by atoms with Gasteiger partial charge in [-0.1, -0.05) is 24.6 Å². The number of ether oxygens (including phenoxy) is 1. The third-order valence-corrected chi connectivity index (χ3v) is 5.44. The Labute approximate surface area is 165 Å². The molecule has 28 heavy (non-hydrogen) atoms. The molecule has 1 saturated heterocycles. The number of rotatable bonds is 7. The van der Waals surface area contributed by atoms with Gasteiger partial charge in [0.05, 0.1) is 11.6 Å². The molecule has 0 spiro atoms. The highest BCUT2D eigenvalue weighted by Crippen LogP contribution is 2.34. The van der Waals surface area contributed by atoms with Gasteiger partial charge < -0.3 is 9.15 Å². The lowest BCUT2D eigenvalue weighted by atomic mass is 10.0. The van der Waals surface area contributed by atoms with Gasteiger partial charge in [0.1, 0.15) is 0 Å². The van der Waals surface area contributed by atoms with Crippen LogP contribution < -0.4 is 0 Å². The van der Waals surface area contributed by atoms with Crippen molar-refractivity contribution in [2.75, 3.05) is 26.8 Å². The van der Waals surface area contributed by atoms with E-state index in [4.69, 9.17) is 14.3 Å². The lowest BCUT2D eigenvalue weighted by Gasteiger charge is -2.33. The molecule has 0 N–H and O–H groups in total. The Balaban J connectivity index is 1.63. The first-order chi connectivity index (χ1) is 13.7. The van der Waals surface area contributed by atoms with Gasteiger partial charge in [0.2, 0.25) is 5.89 Å². The first kappa shape index (κ1) is 19.1. The third-order valence-electron chi connectivity index (χ3n) is 5.44. The minimum atomic E-state index is 0.185. The predicted molar refractivity (Wildman–Crippen MR) is 108 cm³/mol. The van der Waals surface area contributed by atoms with Crippen LogP contribution in [0.1, 0.15) is 57.5 Å². The number of hydrogen-bond donors (Lipinski definition) is 0. The van der Waals surface area contributed by atoms with E-state index in [1.807, 2.05) is 16.8 Å². The molecule has 1 atom stereocenters. The van der Waals surface area contributed by atoms with Crippen LogP contribution in [0.3, 0.4) is 0 Å². The monoisotopic (exact) mass is 383 g/mol. The van der Waals surface area contributed by atoms with Crippen molar-refractivity contribution in [2.45, 2.75) is 51.6 Å². The van der Waals surface area contributed by atoms with Crippen LogP contribution in [-0.4, -0.2) is 51.7 Å². The van der Waals surface area contributed by atoms with Gasteiger partial charge in [0.15, 0.2) is 5.69 Å². The van der Waals surface area contributed by atoms with E-state index in [0.29, 0.717) is 11.8 Å². The smallest absolute Gasteiger partial charge is 0.268 e. The molecule has 0 aliphatic carbocycles. The lowest BCUT2D eigenvalue weighted by Crippen LogP contribution is -2.34. The number of fused-ring (bicyclic) bond motifs is 1. The van der Waals surface area contributed by atoms with E-state index in [9.17, 15) is 0 Å². The molecule has 4 rings (SSSR count). The first-order valence-corrected chi connectivity index (χ1v) is 10.2. The molecular formula is C21H29N5O2. The molecule has 0 radical (unpaired) electrons. The fourth-order valence-electron chi connectivity index (χ4n) is 4.06. The molecule has 150 valence electrons. The Morgan fingerprint density at radius 2 is 2.07 bits per heavy atom. The molecule has 1 aliphatic rings. The molecule has 7 nitrogen and oxygen atoms in total. The number of piperidine rings is 1. The van der Waals surface area contributed by atoms with Crippen LogP contribution in [0.2, 0.25) is 0 Å². The third kappa shape index (κ3) is 3.69. The number of aromatic nitrogens is 4. The van der Waals surface area contributed by atoms with Gasteiger partial charge in [0, 0.05) is 31.7 Å². The van der Waals surface area contributed by atoms with Crippen LogP contribution in [0.25, 0.3) is 22.5 Å². The molecule has 0 saturated carbocycles. The quantitative estimate of drug-likeness (QED) is 0.569. The van der Waals surface area contributed by atoms with Crippen LogP contribution in [0, 0.1) is 0 Å². The van der Waals surface area contributed by atoms with Gasteiger partial charge in [-0.25, -0.2) is 0 Å². The minimum absolute atomic E-state index is 0.185. The minimum Gasteiger partial charge on any atom is -0.417 e. The van der Waals surface area contributed by atoms with Crippen molar-refractivity contribution in [3.05, 3.63) is 30.2 Å². The SMILES string of the molecule is COCCCN1CCCCC1c1nnc(-c2nn(C(C)C)c3ccccc23)o1. The molecular weight excluding hydrogens is 354 g/mol. The summed E-state index contributed by atoms with van der Waals surface area (Å²) in [4.78, 5) is 2.45. The Morgan fingerprint density at radius 1 is 1.21 bits per heavy atom. The van der Waals surface area contributed by atoms with E-state index in [1.165, 1.54) is 12.8 Å². The van der Waals surface area contributed by atoms with Crippen LogP contribution >= 0.6 is 0 Å². The van der Waals surface area contributed by atoms with Crippen molar-refractivity contribution in [3.63, 3.8) is 0 Å². The Hall–Kier alpha value is -2.25. The Kier molecular flexibility index (Phi) is 5.73. The maximum absolute atomic E-state index is 6.18. The molecule has 0 bridgehead atoms. The lowest BCUT2D eigenvalue weighted by molar-refractivity contribution is 0.107. The van der Waals surface area contributed by atoms with E-state index in [1.54, 1.807) is 7.11 Å². The summed E-state index contributed by atoms with van der Waals surface area (Å²) in [6, 6.07) is 8.65.